The van der Waals surface area contributed by atoms with Crippen molar-refractivity contribution in [2.24, 2.45) is 0 Å². The fourth-order valence-corrected chi connectivity index (χ4v) is 16.6. The molecular formula is C26H54I2Te. The van der Waals surface area contributed by atoms with Crippen molar-refractivity contribution in [1.82, 2.24) is 0 Å². The Morgan fingerprint density at radius 2 is 0.552 bits per heavy atom. The van der Waals surface area contributed by atoms with E-state index in [1.165, 1.54) is 141 Å². The first-order valence-corrected chi connectivity index (χ1v) is 30.2. The molecule has 3 heteroatoms. The second kappa shape index (κ2) is 24.9. The molecule has 0 radical (unpaired) electrons. The molecule has 0 N–H and O–H groups in total. The molecule has 0 saturated heterocycles. The van der Waals surface area contributed by atoms with Crippen LogP contribution in [0.1, 0.15) is 155 Å². The van der Waals surface area contributed by atoms with Gasteiger partial charge in [0, 0.05) is 0 Å². The van der Waals surface area contributed by atoms with Crippen molar-refractivity contribution in [3.8, 4) is 0 Å². The maximum absolute atomic E-state index is 2.93. The van der Waals surface area contributed by atoms with Gasteiger partial charge in [-0.1, -0.05) is 13.8 Å². The van der Waals surface area contributed by atoms with Crippen LogP contribution in [0, 0.1) is 0 Å². The number of hydrogen-bond donors (Lipinski definition) is 0. The predicted molar refractivity (Wildman–Crippen MR) is 156 cm³/mol. The van der Waals surface area contributed by atoms with Crippen molar-refractivity contribution in [3.63, 3.8) is 0 Å². The van der Waals surface area contributed by atoms with Crippen LogP contribution in [-0.2, 0) is 0 Å². The summed E-state index contributed by atoms with van der Waals surface area (Å²) in [5.41, 5.74) is 0. The van der Waals surface area contributed by atoms with Gasteiger partial charge in [-0.25, -0.2) is 0 Å². The summed E-state index contributed by atoms with van der Waals surface area (Å²) in [6.45, 7) is 4.62. The van der Waals surface area contributed by atoms with E-state index in [0.29, 0.717) is 0 Å². The molecule has 0 aromatic carbocycles. The molecule has 0 rings (SSSR count). The third-order valence-electron chi connectivity index (χ3n) is 6.09. The monoisotopic (exact) mass is 750 g/mol. The van der Waals surface area contributed by atoms with Gasteiger partial charge in [0.05, 0.1) is 0 Å². The molecule has 178 valence electrons. The molecule has 0 aromatic heterocycles. The predicted octanol–water partition coefficient (Wildman–Crippen LogP) is 11.9. The average Bonchev–Trinajstić information content (AvgIpc) is 2.70. The number of hydrogen-bond acceptors (Lipinski definition) is 0. The Labute approximate surface area is 209 Å². The van der Waals surface area contributed by atoms with E-state index >= 15 is 0 Å². The molecule has 0 atom stereocenters. The van der Waals surface area contributed by atoms with Crippen LogP contribution in [-0.4, -0.2) is 10.3 Å². The number of unbranched alkanes of at least 4 members (excludes halogenated alkanes) is 20. The zero-order valence-electron chi connectivity index (χ0n) is 20.1. The summed E-state index contributed by atoms with van der Waals surface area (Å²) >= 11 is 5.87. The second-order valence-electron chi connectivity index (χ2n) is 9.18. The molecule has 0 fully saturated rings. The summed E-state index contributed by atoms with van der Waals surface area (Å²) < 4.78 is 3.22. The molecule has 0 aromatic rings. The fraction of sp³-hybridized carbons (Fsp3) is 1.00. The smallest absolute Gasteiger partial charge is 0.0654 e. The molecule has 0 aliphatic heterocycles. The van der Waals surface area contributed by atoms with Gasteiger partial charge >= 0.3 is 198 Å². The summed E-state index contributed by atoms with van der Waals surface area (Å²) in [5.74, 6) is 0. The summed E-state index contributed by atoms with van der Waals surface area (Å²) in [7, 11) is -1.49. The molecule has 0 aliphatic carbocycles. The third-order valence-corrected chi connectivity index (χ3v) is 23.0. The van der Waals surface area contributed by atoms with Crippen molar-refractivity contribution in [3.05, 3.63) is 0 Å². The molecule has 0 aliphatic rings. The molecule has 0 unspecified atom stereocenters. The first-order valence-electron chi connectivity index (χ1n) is 13.3. The minimum absolute atomic E-state index is 1.37. The Morgan fingerprint density at radius 3 is 0.793 bits per heavy atom. The van der Waals surface area contributed by atoms with Crippen LogP contribution < -0.4 is 0 Å². The molecular weight excluding hydrogens is 694 g/mol. The molecule has 0 amide bonds. The zero-order chi connectivity index (χ0) is 21.5. The van der Waals surface area contributed by atoms with Gasteiger partial charge in [0.1, 0.15) is 0 Å². The Hall–Kier alpha value is 2.25. The number of halogens is 2. The summed E-state index contributed by atoms with van der Waals surface area (Å²) in [6.07, 6.45) is 32.5. The third kappa shape index (κ3) is 26.4. The summed E-state index contributed by atoms with van der Waals surface area (Å²) in [5, 5.41) is 0. The molecule has 0 heterocycles. The van der Waals surface area contributed by atoms with Gasteiger partial charge in [0.25, 0.3) is 0 Å². The Bertz CT molecular complexity index is 279. The molecule has 0 saturated carbocycles. The topological polar surface area (TPSA) is 0 Å². The van der Waals surface area contributed by atoms with Crippen molar-refractivity contribution >= 4 is 47.7 Å². The summed E-state index contributed by atoms with van der Waals surface area (Å²) in [4.78, 5) is 0. The van der Waals surface area contributed by atoms with Crippen LogP contribution in [0.25, 0.3) is 0 Å². The van der Waals surface area contributed by atoms with Gasteiger partial charge in [-0.2, -0.15) is 0 Å². The van der Waals surface area contributed by atoms with Gasteiger partial charge in [0.2, 0.25) is 0 Å². The van der Waals surface area contributed by atoms with Crippen LogP contribution >= 0.6 is 37.4 Å². The van der Waals surface area contributed by atoms with E-state index in [1.54, 1.807) is 8.94 Å². The van der Waals surface area contributed by atoms with E-state index in [-0.39, 0.29) is 0 Å². The average molecular weight is 748 g/mol. The SMILES string of the molecule is CCCCCCCCCCCCC[Te](I)(I)CCCCCCCCCCCCC. The van der Waals surface area contributed by atoms with Gasteiger partial charge in [-0.05, 0) is 0 Å². The van der Waals surface area contributed by atoms with E-state index in [0.717, 1.165) is 0 Å². The van der Waals surface area contributed by atoms with Crippen LogP contribution in [0.4, 0.5) is 0 Å². The quantitative estimate of drug-likeness (QED) is 0.0524. The number of rotatable bonds is 24. The van der Waals surface area contributed by atoms with Crippen LogP contribution in [0.2, 0.25) is 8.94 Å². The van der Waals surface area contributed by atoms with Crippen molar-refractivity contribution < 1.29 is 0 Å². The zero-order valence-corrected chi connectivity index (χ0v) is 26.8. The van der Waals surface area contributed by atoms with Gasteiger partial charge in [0.15, 0.2) is 0 Å². The van der Waals surface area contributed by atoms with Gasteiger partial charge in [-0.3, -0.25) is 0 Å². The standard InChI is InChI=1S/C26H54I2Te/c1-3-5-7-9-11-13-15-17-19-21-23-25-29(27,28)26-24-22-20-18-16-14-12-10-8-6-4-2/h3-26H2,1-2H3. The van der Waals surface area contributed by atoms with E-state index in [1.807, 2.05) is 0 Å². The van der Waals surface area contributed by atoms with Crippen molar-refractivity contribution in [1.29, 1.82) is 0 Å². The molecule has 29 heavy (non-hydrogen) atoms. The Balaban J connectivity index is 3.30. The molecule has 0 bridgehead atoms. The van der Waals surface area contributed by atoms with Crippen LogP contribution in [0.5, 0.6) is 0 Å². The van der Waals surface area contributed by atoms with E-state index in [2.05, 4.69) is 51.2 Å². The second-order valence-corrected chi connectivity index (χ2v) is 49.4. The fourth-order valence-electron chi connectivity index (χ4n) is 4.06. The minimum atomic E-state index is -1.49. The Kier molecular flexibility index (Phi) is 26.8. The van der Waals surface area contributed by atoms with Crippen molar-refractivity contribution in [2.75, 3.05) is 0 Å². The maximum atomic E-state index is 2.93. The first-order chi connectivity index (χ1) is 14.1. The van der Waals surface area contributed by atoms with Gasteiger partial charge < -0.3 is 0 Å². The van der Waals surface area contributed by atoms with Crippen molar-refractivity contribution in [2.45, 2.75) is 164 Å². The van der Waals surface area contributed by atoms with Gasteiger partial charge in [-0.15, -0.1) is 0 Å². The van der Waals surface area contributed by atoms with E-state index < -0.39 is 10.3 Å². The molecule has 0 spiro atoms. The van der Waals surface area contributed by atoms with Crippen LogP contribution in [0.3, 0.4) is 0 Å². The first kappa shape index (κ1) is 31.2. The normalized spacial score (nSPS) is 12.6. The Morgan fingerprint density at radius 1 is 0.345 bits per heavy atom. The summed E-state index contributed by atoms with van der Waals surface area (Å²) in [6, 6.07) is 0. The molecule has 0 nitrogen and oxygen atoms in total. The van der Waals surface area contributed by atoms with E-state index in [9.17, 15) is 0 Å². The van der Waals surface area contributed by atoms with E-state index in [4.69, 9.17) is 0 Å². The van der Waals surface area contributed by atoms with Crippen LogP contribution in [0.15, 0.2) is 0 Å². The minimum Gasteiger partial charge on any atom is -0.0654 e.